The van der Waals surface area contributed by atoms with Gasteiger partial charge >= 0.3 is 0 Å². The molecule has 1 atom stereocenters. The standard InChI is InChI=1S/C20H23ClN6O.ClH/c1-14-7-8-15(13-17(14)21)23-19-24-18(22)25-20(26-9-11-28-12-10-26)27(19)16-5-3-2-4-6-16;/h2-8,13,19,23H,9-12H2,1H3,(H2,22,24);1H. The lowest BCUT2D eigenvalue weighted by Gasteiger charge is -2.41. The van der Waals surface area contributed by atoms with E-state index in [4.69, 9.17) is 22.1 Å². The third-order valence-corrected chi connectivity index (χ3v) is 5.13. The molecule has 0 aliphatic carbocycles. The molecule has 0 spiro atoms. The molecule has 4 rings (SSSR count). The van der Waals surface area contributed by atoms with Crippen LogP contribution in [0.5, 0.6) is 0 Å². The van der Waals surface area contributed by atoms with Crippen molar-refractivity contribution in [1.29, 1.82) is 0 Å². The molecule has 1 unspecified atom stereocenters. The first-order valence-corrected chi connectivity index (χ1v) is 9.61. The molecule has 1 saturated heterocycles. The number of aryl methyl sites for hydroxylation is 1. The van der Waals surface area contributed by atoms with Crippen LogP contribution in [0.3, 0.4) is 0 Å². The summed E-state index contributed by atoms with van der Waals surface area (Å²) in [6, 6.07) is 15.9. The second-order valence-electron chi connectivity index (χ2n) is 6.69. The molecule has 0 saturated carbocycles. The van der Waals surface area contributed by atoms with E-state index in [1.165, 1.54) is 0 Å². The molecule has 0 bridgehead atoms. The zero-order chi connectivity index (χ0) is 19.5. The molecule has 2 aromatic carbocycles. The SMILES string of the molecule is Cc1ccc(NC2N=C(N)N=C(N3CCOCC3)N2c2ccccc2)cc1Cl.Cl. The van der Waals surface area contributed by atoms with Gasteiger partial charge in [0.15, 0.2) is 0 Å². The van der Waals surface area contributed by atoms with Crippen molar-refractivity contribution < 1.29 is 4.74 Å². The van der Waals surface area contributed by atoms with Crippen molar-refractivity contribution in [3.63, 3.8) is 0 Å². The van der Waals surface area contributed by atoms with E-state index < -0.39 is 6.29 Å². The minimum Gasteiger partial charge on any atom is -0.378 e. The maximum Gasteiger partial charge on any atom is 0.222 e. The van der Waals surface area contributed by atoms with Crippen molar-refractivity contribution in [2.24, 2.45) is 15.7 Å². The number of aliphatic imine (C=N–C) groups is 2. The number of nitrogens with two attached hydrogens (primary N) is 1. The first-order valence-electron chi connectivity index (χ1n) is 9.23. The first-order chi connectivity index (χ1) is 13.6. The molecule has 3 N–H and O–H groups in total. The molecule has 2 aliphatic rings. The number of hydrogen-bond donors (Lipinski definition) is 2. The molecule has 0 aromatic heterocycles. The van der Waals surface area contributed by atoms with Crippen LogP contribution in [0.4, 0.5) is 11.4 Å². The van der Waals surface area contributed by atoms with Gasteiger partial charge in [0.2, 0.25) is 18.2 Å². The number of nitrogens with one attached hydrogen (secondary N) is 1. The maximum absolute atomic E-state index is 6.30. The van der Waals surface area contributed by atoms with E-state index in [-0.39, 0.29) is 18.4 Å². The smallest absolute Gasteiger partial charge is 0.222 e. The zero-order valence-electron chi connectivity index (χ0n) is 16.1. The minimum absolute atomic E-state index is 0. The van der Waals surface area contributed by atoms with Gasteiger partial charge in [0.1, 0.15) is 0 Å². The van der Waals surface area contributed by atoms with Crippen LogP contribution in [0.25, 0.3) is 0 Å². The van der Waals surface area contributed by atoms with Crippen LogP contribution in [0.15, 0.2) is 58.5 Å². The van der Waals surface area contributed by atoms with Gasteiger partial charge in [0.25, 0.3) is 0 Å². The fourth-order valence-electron chi connectivity index (χ4n) is 3.24. The predicted molar refractivity (Wildman–Crippen MR) is 121 cm³/mol. The number of halogens is 2. The van der Waals surface area contributed by atoms with Gasteiger partial charge in [-0.1, -0.05) is 35.9 Å². The molecule has 154 valence electrons. The van der Waals surface area contributed by atoms with Crippen molar-refractivity contribution >= 4 is 47.3 Å². The molecule has 0 radical (unpaired) electrons. The number of rotatable bonds is 3. The van der Waals surface area contributed by atoms with Crippen molar-refractivity contribution in [1.82, 2.24) is 4.90 Å². The molecular weight excluding hydrogens is 411 g/mol. The van der Waals surface area contributed by atoms with Gasteiger partial charge in [-0.15, -0.1) is 12.4 Å². The Morgan fingerprint density at radius 1 is 1.14 bits per heavy atom. The summed E-state index contributed by atoms with van der Waals surface area (Å²) in [5, 5.41) is 4.13. The van der Waals surface area contributed by atoms with Crippen LogP contribution in [0.2, 0.25) is 5.02 Å². The van der Waals surface area contributed by atoms with Gasteiger partial charge in [0.05, 0.1) is 13.2 Å². The summed E-state index contributed by atoms with van der Waals surface area (Å²) in [5.74, 6) is 1.00. The Morgan fingerprint density at radius 2 is 1.86 bits per heavy atom. The third-order valence-electron chi connectivity index (χ3n) is 4.73. The maximum atomic E-state index is 6.30. The Balaban J connectivity index is 0.00000240. The minimum atomic E-state index is -0.448. The lowest BCUT2D eigenvalue weighted by atomic mass is 10.2. The number of para-hydroxylation sites is 1. The fourth-order valence-corrected chi connectivity index (χ4v) is 3.42. The van der Waals surface area contributed by atoms with Crippen molar-refractivity contribution in [2.75, 3.05) is 36.5 Å². The highest BCUT2D eigenvalue weighted by molar-refractivity contribution is 6.31. The Hall–Kier alpha value is -2.48. The van der Waals surface area contributed by atoms with Crippen LogP contribution in [0, 0.1) is 6.92 Å². The fraction of sp³-hybridized carbons (Fsp3) is 0.300. The van der Waals surface area contributed by atoms with Gasteiger partial charge in [-0.3, -0.25) is 4.90 Å². The topological polar surface area (TPSA) is 78.5 Å². The van der Waals surface area contributed by atoms with Gasteiger partial charge in [-0.05, 0) is 36.8 Å². The van der Waals surface area contributed by atoms with Gasteiger partial charge in [-0.25, -0.2) is 4.99 Å². The van der Waals surface area contributed by atoms with Crippen molar-refractivity contribution in [3.8, 4) is 0 Å². The number of morpholine rings is 1. The van der Waals surface area contributed by atoms with E-state index >= 15 is 0 Å². The number of benzene rings is 2. The highest BCUT2D eigenvalue weighted by atomic mass is 35.5. The van der Waals surface area contributed by atoms with E-state index in [2.05, 4.69) is 25.1 Å². The number of anilines is 2. The number of guanidine groups is 2. The van der Waals surface area contributed by atoms with E-state index in [1.54, 1.807) is 0 Å². The van der Waals surface area contributed by atoms with Crippen molar-refractivity contribution in [2.45, 2.75) is 13.2 Å². The molecule has 7 nitrogen and oxygen atoms in total. The summed E-state index contributed by atoms with van der Waals surface area (Å²) >= 11 is 6.30. The molecule has 0 amide bonds. The van der Waals surface area contributed by atoms with Crippen LogP contribution in [0.1, 0.15) is 5.56 Å². The van der Waals surface area contributed by atoms with E-state index in [1.807, 2.05) is 55.5 Å². The van der Waals surface area contributed by atoms with Crippen molar-refractivity contribution in [3.05, 3.63) is 59.1 Å². The quantitative estimate of drug-likeness (QED) is 0.774. The highest BCUT2D eigenvalue weighted by Crippen LogP contribution is 2.26. The normalized spacial score (nSPS) is 19.2. The second kappa shape index (κ2) is 9.35. The molecule has 2 aromatic rings. The third kappa shape index (κ3) is 4.75. The van der Waals surface area contributed by atoms with E-state index in [0.717, 1.165) is 36.0 Å². The summed E-state index contributed by atoms with van der Waals surface area (Å²) in [6.07, 6.45) is -0.448. The van der Waals surface area contributed by atoms with Gasteiger partial charge in [-0.2, -0.15) is 4.99 Å². The Morgan fingerprint density at radius 3 is 2.55 bits per heavy atom. The summed E-state index contributed by atoms with van der Waals surface area (Å²) in [7, 11) is 0. The largest absolute Gasteiger partial charge is 0.378 e. The number of nitrogens with zero attached hydrogens (tertiary/aromatic N) is 4. The van der Waals surface area contributed by atoms with E-state index in [0.29, 0.717) is 18.2 Å². The summed E-state index contributed by atoms with van der Waals surface area (Å²) in [6.45, 7) is 4.79. The lowest BCUT2D eigenvalue weighted by molar-refractivity contribution is 0.0671. The summed E-state index contributed by atoms with van der Waals surface area (Å²) < 4.78 is 5.50. The molecule has 2 heterocycles. The average Bonchev–Trinajstić information content (AvgIpc) is 2.72. The average molecular weight is 435 g/mol. The molecule has 1 fully saturated rings. The zero-order valence-corrected chi connectivity index (χ0v) is 17.7. The molecule has 9 heteroatoms. The molecule has 29 heavy (non-hydrogen) atoms. The summed E-state index contributed by atoms with van der Waals surface area (Å²) in [4.78, 5) is 13.3. The molecule has 2 aliphatic heterocycles. The van der Waals surface area contributed by atoms with Gasteiger partial charge < -0.3 is 20.7 Å². The summed E-state index contributed by atoms with van der Waals surface area (Å²) in [5.41, 5.74) is 8.94. The second-order valence-corrected chi connectivity index (χ2v) is 7.09. The van der Waals surface area contributed by atoms with Gasteiger partial charge in [0, 0.05) is 29.5 Å². The van der Waals surface area contributed by atoms with E-state index in [9.17, 15) is 0 Å². The number of hydrogen-bond acceptors (Lipinski definition) is 7. The Kier molecular flexibility index (Phi) is 6.84. The van der Waals surface area contributed by atoms with Crippen LogP contribution in [-0.4, -0.2) is 49.4 Å². The number of ether oxygens (including phenoxy) is 1. The molecular formula is C20H24Cl2N6O. The monoisotopic (exact) mass is 434 g/mol. The first kappa shape index (κ1) is 21.2. The predicted octanol–water partition coefficient (Wildman–Crippen LogP) is 3.29. The Labute approximate surface area is 181 Å². The Bertz CT molecular complexity index is 899. The lowest BCUT2D eigenvalue weighted by Crippen LogP contribution is -2.57. The van der Waals surface area contributed by atoms with Crippen LogP contribution < -0.4 is 16.0 Å². The van der Waals surface area contributed by atoms with Crippen LogP contribution >= 0.6 is 24.0 Å². The highest BCUT2D eigenvalue weighted by Gasteiger charge is 2.32. The van der Waals surface area contributed by atoms with Crippen LogP contribution in [-0.2, 0) is 4.74 Å².